The normalized spacial score (nSPS) is 10.7. The Bertz CT molecular complexity index is 819. The van der Waals surface area contributed by atoms with Crippen molar-refractivity contribution in [3.8, 4) is 0 Å². The van der Waals surface area contributed by atoms with Gasteiger partial charge in [0.2, 0.25) is 0 Å². The van der Waals surface area contributed by atoms with Crippen LogP contribution >= 0.6 is 0 Å². The van der Waals surface area contributed by atoms with Crippen molar-refractivity contribution in [2.45, 2.75) is 6.54 Å². The van der Waals surface area contributed by atoms with Crippen LogP contribution in [0.2, 0.25) is 0 Å². The summed E-state index contributed by atoms with van der Waals surface area (Å²) < 4.78 is 1.61. The second kappa shape index (κ2) is 5.25. The Morgan fingerprint density at radius 3 is 2.38 bits per heavy atom. The lowest BCUT2D eigenvalue weighted by Gasteiger charge is -2.12. The van der Waals surface area contributed by atoms with Gasteiger partial charge in [-0.05, 0) is 11.6 Å². The van der Waals surface area contributed by atoms with Crippen LogP contribution < -0.4 is 5.11 Å². The van der Waals surface area contributed by atoms with Crippen LogP contribution in [-0.2, 0) is 6.54 Å². The Labute approximate surface area is 121 Å². The fourth-order valence-electron chi connectivity index (χ4n) is 2.60. The maximum atomic E-state index is 11.5. The molecule has 0 saturated heterocycles. The number of carbonyl (C=O) groups excluding carboxylic acids is 2. The van der Waals surface area contributed by atoms with Crippen molar-refractivity contribution in [2.75, 3.05) is 0 Å². The third kappa shape index (κ3) is 2.21. The highest BCUT2D eigenvalue weighted by atomic mass is 16.4. The molecule has 21 heavy (non-hydrogen) atoms. The van der Waals surface area contributed by atoms with E-state index in [1.807, 2.05) is 36.4 Å². The number of benzene rings is 2. The number of fused-ring (bicyclic) bond motifs is 1. The number of para-hydroxylation sites is 1. The number of carboxylic acids is 1. The van der Waals surface area contributed by atoms with Gasteiger partial charge in [0.25, 0.3) is 0 Å². The number of aromatic nitrogens is 1. The minimum absolute atomic E-state index is 0.0740. The van der Waals surface area contributed by atoms with Crippen LogP contribution in [0.25, 0.3) is 10.9 Å². The van der Waals surface area contributed by atoms with E-state index in [1.54, 1.807) is 22.8 Å². The summed E-state index contributed by atoms with van der Waals surface area (Å²) in [6.07, 6.45) is 0.578. The minimum atomic E-state index is -1.34. The first-order valence-corrected chi connectivity index (χ1v) is 6.54. The van der Waals surface area contributed by atoms with Crippen LogP contribution in [0.15, 0.2) is 54.6 Å². The van der Waals surface area contributed by atoms with Crippen molar-refractivity contribution >= 4 is 23.2 Å². The zero-order valence-corrected chi connectivity index (χ0v) is 11.2. The largest absolute Gasteiger partial charge is 0.543 e. The highest BCUT2D eigenvalue weighted by Gasteiger charge is 2.17. The molecule has 0 radical (unpaired) electrons. The molecule has 0 atom stereocenters. The number of hydrogen-bond acceptors (Lipinski definition) is 3. The van der Waals surface area contributed by atoms with Gasteiger partial charge in [0.15, 0.2) is 6.29 Å². The molecule has 0 amide bonds. The molecular formula is C17H12NO3-. The Balaban J connectivity index is 2.27. The van der Waals surface area contributed by atoms with Gasteiger partial charge in [0.05, 0.1) is 11.7 Å². The van der Waals surface area contributed by atoms with Gasteiger partial charge in [0.1, 0.15) is 0 Å². The molecule has 1 heterocycles. The third-order valence-electron chi connectivity index (χ3n) is 3.50. The van der Waals surface area contributed by atoms with E-state index in [0.29, 0.717) is 23.7 Å². The van der Waals surface area contributed by atoms with Crippen LogP contribution in [0.1, 0.15) is 26.4 Å². The number of rotatable bonds is 4. The fraction of sp³-hybridized carbons (Fsp3) is 0.0588. The number of hydrogen-bond donors (Lipinski definition) is 0. The van der Waals surface area contributed by atoms with Gasteiger partial charge in [0, 0.05) is 23.0 Å². The van der Waals surface area contributed by atoms with Gasteiger partial charge in [-0.1, -0.05) is 48.5 Å². The number of aldehydes is 1. The number of aromatic carboxylic acids is 1. The quantitative estimate of drug-likeness (QED) is 0.684. The Morgan fingerprint density at radius 1 is 1.05 bits per heavy atom. The van der Waals surface area contributed by atoms with Crippen molar-refractivity contribution in [1.82, 2.24) is 4.57 Å². The van der Waals surface area contributed by atoms with Gasteiger partial charge < -0.3 is 14.5 Å². The van der Waals surface area contributed by atoms with Crippen LogP contribution in [0, 0.1) is 0 Å². The zero-order chi connectivity index (χ0) is 14.8. The smallest absolute Gasteiger partial charge is 0.152 e. The van der Waals surface area contributed by atoms with Gasteiger partial charge >= 0.3 is 0 Å². The first kappa shape index (κ1) is 13.1. The van der Waals surface area contributed by atoms with Crippen LogP contribution in [-0.4, -0.2) is 16.8 Å². The molecule has 0 unspecified atom stereocenters. The van der Waals surface area contributed by atoms with Gasteiger partial charge in [-0.3, -0.25) is 4.79 Å². The number of nitrogens with zero attached hydrogens (tertiary/aromatic N) is 1. The maximum Gasteiger partial charge on any atom is 0.152 e. The summed E-state index contributed by atoms with van der Waals surface area (Å²) in [5, 5.41) is 12.1. The molecule has 2 aromatic carbocycles. The van der Waals surface area contributed by atoms with E-state index < -0.39 is 5.97 Å². The molecule has 0 bridgehead atoms. The standard InChI is InChI=1S/C17H13NO3/c19-11-14-13-8-4-5-9-15(13)18(16(14)17(20)21)10-12-6-2-1-3-7-12/h1-9,11H,10H2,(H,20,21)/p-1. The van der Waals surface area contributed by atoms with Crippen molar-refractivity contribution in [2.24, 2.45) is 0 Å². The maximum absolute atomic E-state index is 11.5. The molecule has 104 valence electrons. The molecule has 0 spiro atoms. The van der Waals surface area contributed by atoms with E-state index in [0.717, 1.165) is 5.56 Å². The number of carboxylic acid groups (broad SMARTS) is 1. The highest BCUT2D eigenvalue weighted by Crippen LogP contribution is 2.25. The van der Waals surface area contributed by atoms with E-state index in [2.05, 4.69) is 0 Å². The molecule has 0 N–H and O–H groups in total. The lowest BCUT2D eigenvalue weighted by molar-refractivity contribution is -0.255. The van der Waals surface area contributed by atoms with Crippen molar-refractivity contribution in [3.63, 3.8) is 0 Å². The van der Waals surface area contributed by atoms with Crippen LogP contribution in [0.3, 0.4) is 0 Å². The second-order valence-electron chi connectivity index (χ2n) is 4.76. The molecule has 0 aliphatic carbocycles. The topological polar surface area (TPSA) is 62.1 Å². The van der Waals surface area contributed by atoms with Crippen LogP contribution in [0.5, 0.6) is 0 Å². The Hall–Kier alpha value is -2.88. The van der Waals surface area contributed by atoms with E-state index in [1.165, 1.54) is 0 Å². The summed E-state index contributed by atoms with van der Waals surface area (Å²) in [6.45, 7) is 0.374. The van der Waals surface area contributed by atoms with E-state index in [-0.39, 0.29) is 11.3 Å². The second-order valence-corrected chi connectivity index (χ2v) is 4.76. The fourth-order valence-corrected chi connectivity index (χ4v) is 2.60. The molecular weight excluding hydrogens is 266 g/mol. The summed E-state index contributed by atoms with van der Waals surface area (Å²) in [4.78, 5) is 22.8. The first-order valence-electron chi connectivity index (χ1n) is 6.54. The SMILES string of the molecule is O=Cc1c(C(=O)[O-])n(Cc2ccccc2)c2ccccc12. The summed E-state index contributed by atoms with van der Waals surface area (Å²) in [5.74, 6) is -1.34. The highest BCUT2D eigenvalue weighted by molar-refractivity contribution is 6.07. The molecule has 0 saturated carbocycles. The van der Waals surface area contributed by atoms with Crippen molar-refractivity contribution in [1.29, 1.82) is 0 Å². The molecule has 0 aliphatic rings. The summed E-state index contributed by atoms with van der Waals surface area (Å²) in [6, 6.07) is 16.6. The van der Waals surface area contributed by atoms with Crippen molar-refractivity contribution < 1.29 is 14.7 Å². The van der Waals surface area contributed by atoms with Crippen LogP contribution in [0.4, 0.5) is 0 Å². The predicted molar refractivity (Wildman–Crippen MR) is 77.2 cm³/mol. The average Bonchev–Trinajstić information content (AvgIpc) is 2.82. The zero-order valence-electron chi connectivity index (χ0n) is 11.2. The molecule has 0 fully saturated rings. The van der Waals surface area contributed by atoms with E-state index in [9.17, 15) is 14.7 Å². The molecule has 4 nitrogen and oxygen atoms in total. The lowest BCUT2D eigenvalue weighted by atomic mass is 10.1. The molecule has 3 aromatic rings. The van der Waals surface area contributed by atoms with E-state index >= 15 is 0 Å². The Kier molecular flexibility index (Phi) is 3.28. The monoisotopic (exact) mass is 278 g/mol. The molecule has 4 heteroatoms. The lowest BCUT2D eigenvalue weighted by Crippen LogP contribution is -2.27. The summed E-state index contributed by atoms with van der Waals surface area (Å²) >= 11 is 0. The summed E-state index contributed by atoms with van der Waals surface area (Å²) in [7, 11) is 0. The first-order chi connectivity index (χ1) is 10.2. The predicted octanol–water partition coefficient (Wildman–Crippen LogP) is 1.87. The third-order valence-corrected chi connectivity index (χ3v) is 3.50. The Morgan fingerprint density at radius 2 is 1.71 bits per heavy atom. The molecule has 1 aromatic heterocycles. The minimum Gasteiger partial charge on any atom is -0.543 e. The van der Waals surface area contributed by atoms with Gasteiger partial charge in [-0.25, -0.2) is 0 Å². The molecule has 3 rings (SSSR count). The van der Waals surface area contributed by atoms with Gasteiger partial charge in [-0.2, -0.15) is 0 Å². The molecule has 0 aliphatic heterocycles. The van der Waals surface area contributed by atoms with Gasteiger partial charge in [-0.15, -0.1) is 0 Å². The van der Waals surface area contributed by atoms with Crippen molar-refractivity contribution in [3.05, 3.63) is 71.4 Å². The summed E-state index contributed by atoms with van der Waals surface area (Å²) in [5.41, 5.74) is 1.76. The van der Waals surface area contributed by atoms with E-state index in [4.69, 9.17) is 0 Å². The average molecular weight is 278 g/mol. The number of carbonyl (C=O) groups is 2.